The molecule has 1 aliphatic heterocycles. The van der Waals surface area contributed by atoms with E-state index in [9.17, 15) is 13.6 Å². The molecule has 1 amide bonds. The quantitative estimate of drug-likeness (QED) is 0.880. The summed E-state index contributed by atoms with van der Waals surface area (Å²) in [5.74, 6) is -1.76. The van der Waals surface area contributed by atoms with Crippen LogP contribution in [-0.2, 0) is 4.79 Å². The van der Waals surface area contributed by atoms with Gasteiger partial charge in [0, 0.05) is 10.5 Å². The molecule has 0 saturated carbocycles. The molecule has 0 bridgehead atoms. The molecule has 3 nitrogen and oxygen atoms in total. The zero-order valence-electron chi connectivity index (χ0n) is 9.60. The maximum atomic E-state index is 13.5. The fourth-order valence-electron chi connectivity index (χ4n) is 1.95. The van der Waals surface area contributed by atoms with Gasteiger partial charge in [0.25, 0.3) is 0 Å². The highest BCUT2D eigenvalue weighted by molar-refractivity contribution is 9.10. The molecule has 0 aromatic heterocycles. The van der Waals surface area contributed by atoms with Gasteiger partial charge in [0.05, 0.1) is 11.7 Å². The maximum Gasteiger partial charge on any atom is 0.241 e. The van der Waals surface area contributed by atoms with Crippen LogP contribution in [0.3, 0.4) is 0 Å². The van der Waals surface area contributed by atoms with Gasteiger partial charge < -0.3 is 10.6 Å². The number of anilines is 1. The Kier molecular flexibility index (Phi) is 4.29. The number of amides is 1. The zero-order valence-corrected chi connectivity index (χ0v) is 11.2. The smallest absolute Gasteiger partial charge is 0.241 e. The maximum absolute atomic E-state index is 13.5. The van der Waals surface area contributed by atoms with Gasteiger partial charge in [-0.1, -0.05) is 6.42 Å². The number of carbonyl (C=O) groups is 1. The Morgan fingerprint density at radius 2 is 2.17 bits per heavy atom. The molecule has 2 rings (SSSR count). The molecule has 1 saturated heterocycles. The van der Waals surface area contributed by atoms with Crippen molar-refractivity contribution in [2.24, 2.45) is 0 Å². The highest BCUT2D eigenvalue weighted by Gasteiger charge is 2.22. The molecule has 1 heterocycles. The summed E-state index contributed by atoms with van der Waals surface area (Å²) in [4.78, 5) is 11.9. The molecule has 0 aliphatic carbocycles. The third kappa shape index (κ3) is 3.05. The van der Waals surface area contributed by atoms with Gasteiger partial charge in [0.1, 0.15) is 5.82 Å². The first-order chi connectivity index (χ1) is 8.58. The summed E-state index contributed by atoms with van der Waals surface area (Å²) in [7, 11) is 0. The molecule has 98 valence electrons. The largest absolute Gasteiger partial charge is 0.321 e. The predicted molar refractivity (Wildman–Crippen MR) is 68.3 cm³/mol. The molecule has 0 spiro atoms. The Balaban J connectivity index is 2.11. The van der Waals surface area contributed by atoms with Gasteiger partial charge in [-0.2, -0.15) is 0 Å². The first-order valence-electron chi connectivity index (χ1n) is 5.76. The molecule has 6 heteroatoms. The molecule has 1 atom stereocenters. The van der Waals surface area contributed by atoms with Gasteiger partial charge in [0.15, 0.2) is 5.82 Å². The number of piperidine rings is 1. The molecule has 2 N–H and O–H groups in total. The molecular weight excluding hydrogens is 306 g/mol. The fourth-order valence-corrected chi connectivity index (χ4v) is 2.45. The first-order valence-corrected chi connectivity index (χ1v) is 6.56. The van der Waals surface area contributed by atoms with Gasteiger partial charge in [-0.25, -0.2) is 8.78 Å². The summed E-state index contributed by atoms with van der Waals surface area (Å²) in [6.07, 6.45) is 2.74. The van der Waals surface area contributed by atoms with Gasteiger partial charge in [-0.3, -0.25) is 4.79 Å². The predicted octanol–water partition coefficient (Wildman–Crippen LogP) is 2.81. The van der Waals surface area contributed by atoms with E-state index < -0.39 is 11.6 Å². The molecule has 18 heavy (non-hydrogen) atoms. The van der Waals surface area contributed by atoms with Crippen molar-refractivity contribution in [1.29, 1.82) is 0 Å². The molecule has 0 radical (unpaired) electrons. The van der Waals surface area contributed by atoms with Crippen LogP contribution in [0.4, 0.5) is 14.5 Å². The second-order valence-electron chi connectivity index (χ2n) is 4.24. The Morgan fingerprint density at radius 1 is 1.39 bits per heavy atom. The van der Waals surface area contributed by atoms with Crippen molar-refractivity contribution in [2.45, 2.75) is 25.3 Å². The highest BCUT2D eigenvalue weighted by Crippen LogP contribution is 2.27. The number of hydrogen-bond acceptors (Lipinski definition) is 2. The number of nitrogens with one attached hydrogen (secondary N) is 2. The molecule has 1 aliphatic rings. The lowest BCUT2D eigenvalue weighted by Gasteiger charge is -2.22. The average Bonchev–Trinajstić information content (AvgIpc) is 2.34. The van der Waals surface area contributed by atoms with Gasteiger partial charge in [0.2, 0.25) is 5.91 Å². The summed E-state index contributed by atoms with van der Waals surface area (Å²) in [5.41, 5.74) is -0.0197. The lowest BCUT2D eigenvalue weighted by molar-refractivity contribution is -0.118. The van der Waals surface area contributed by atoms with E-state index in [0.717, 1.165) is 37.9 Å². The number of benzene rings is 1. The minimum atomic E-state index is -0.786. The topological polar surface area (TPSA) is 41.1 Å². The first kappa shape index (κ1) is 13.4. The fraction of sp³-hybridized carbons (Fsp3) is 0.417. The summed E-state index contributed by atoms with van der Waals surface area (Å²) in [5, 5.41) is 5.55. The van der Waals surface area contributed by atoms with Crippen LogP contribution in [0.25, 0.3) is 0 Å². The standard InChI is InChI=1S/C12H13BrF2N2O/c13-8-5-7(14)6-9(15)11(8)17-12(18)10-3-1-2-4-16-10/h5-6,10,16H,1-4H2,(H,17,18). The van der Waals surface area contributed by atoms with E-state index in [2.05, 4.69) is 26.6 Å². The number of carbonyl (C=O) groups excluding carboxylic acids is 1. The highest BCUT2D eigenvalue weighted by atomic mass is 79.9. The summed E-state index contributed by atoms with van der Waals surface area (Å²) in [6.45, 7) is 0.783. The van der Waals surface area contributed by atoms with Gasteiger partial charge in [-0.15, -0.1) is 0 Å². The van der Waals surface area contributed by atoms with Gasteiger partial charge >= 0.3 is 0 Å². The molecule has 1 fully saturated rings. The van der Waals surface area contributed by atoms with Crippen molar-refractivity contribution in [2.75, 3.05) is 11.9 Å². The van der Waals surface area contributed by atoms with Crippen molar-refractivity contribution in [3.8, 4) is 0 Å². The Labute approximate surface area is 112 Å². The van der Waals surface area contributed by atoms with Crippen LogP contribution in [0.5, 0.6) is 0 Å². The van der Waals surface area contributed by atoms with E-state index in [-0.39, 0.29) is 22.1 Å². The summed E-state index contributed by atoms with van der Waals surface area (Å²) >= 11 is 3.04. The van der Waals surface area contributed by atoms with E-state index in [1.165, 1.54) is 0 Å². The van der Waals surface area contributed by atoms with Crippen molar-refractivity contribution in [3.63, 3.8) is 0 Å². The van der Waals surface area contributed by atoms with Gasteiger partial charge in [-0.05, 0) is 41.4 Å². The summed E-state index contributed by atoms with van der Waals surface area (Å²) < 4.78 is 26.6. The van der Waals surface area contributed by atoms with E-state index in [1.807, 2.05) is 0 Å². The summed E-state index contributed by atoms with van der Waals surface area (Å²) in [6, 6.07) is 1.55. The zero-order chi connectivity index (χ0) is 13.1. The second kappa shape index (κ2) is 5.75. The van der Waals surface area contributed by atoms with E-state index in [0.29, 0.717) is 0 Å². The number of rotatable bonds is 2. The molecule has 1 aromatic carbocycles. The van der Waals surface area contributed by atoms with Crippen LogP contribution in [0.2, 0.25) is 0 Å². The lowest BCUT2D eigenvalue weighted by atomic mass is 10.0. The third-order valence-corrected chi connectivity index (χ3v) is 3.51. The van der Waals surface area contributed by atoms with Crippen LogP contribution < -0.4 is 10.6 Å². The van der Waals surface area contributed by atoms with E-state index >= 15 is 0 Å². The van der Waals surface area contributed by atoms with Crippen molar-refractivity contribution < 1.29 is 13.6 Å². The number of halogens is 3. The Bertz CT molecular complexity index is 438. The monoisotopic (exact) mass is 318 g/mol. The number of hydrogen-bond donors (Lipinski definition) is 2. The van der Waals surface area contributed by atoms with Crippen molar-refractivity contribution in [3.05, 3.63) is 28.2 Å². The molecular formula is C12H13BrF2N2O. The minimum Gasteiger partial charge on any atom is -0.321 e. The average molecular weight is 319 g/mol. The molecule has 1 aromatic rings. The van der Waals surface area contributed by atoms with Crippen LogP contribution in [0, 0.1) is 11.6 Å². The molecule has 1 unspecified atom stereocenters. The van der Waals surface area contributed by atoms with Crippen molar-refractivity contribution >= 4 is 27.5 Å². The SMILES string of the molecule is O=C(Nc1c(F)cc(F)cc1Br)C1CCCCN1. The van der Waals surface area contributed by atoms with Crippen LogP contribution in [-0.4, -0.2) is 18.5 Å². The lowest BCUT2D eigenvalue weighted by Crippen LogP contribution is -2.43. The van der Waals surface area contributed by atoms with Crippen LogP contribution in [0.1, 0.15) is 19.3 Å². The van der Waals surface area contributed by atoms with Crippen molar-refractivity contribution in [1.82, 2.24) is 5.32 Å². The normalized spacial score (nSPS) is 19.6. The van der Waals surface area contributed by atoms with E-state index in [1.54, 1.807) is 0 Å². The Morgan fingerprint density at radius 3 is 2.78 bits per heavy atom. The third-order valence-electron chi connectivity index (χ3n) is 2.88. The van der Waals surface area contributed by atoms with Crippen LogP contribution in [0.15, 0.2) is 16.6 Å². The Hall–Kier alpha value is -1.01. The second-order valence-corrected chi connectivity index (χ2v) is 5.09. The van der Waals surface area contributed by atoms with E-state index in [4.69, 9.17) is 0 Å². The van der Waals surface area contributed by atoms with Crippen LogP contribution >= 0.6 is 15.9 Å². The minimum absolute atomic E-state index is 0.0197.